The Kier molecular flexibility index (Phi) is 7.55. The molecule has 32 heavy (non-hydrogen) atoms. The van der Waals surface area contributed by atoms with E-state index in [0.29, 0.717) is 11.8 Å². The number of hydrogen-bond acceptors (Lipinski definition) is 3. The van der Waals surface area contributed by atoms with Crippen molar-refractivity contribution >= 4 is 18.3 Å². The van der Waals surface area contributed by atoms with Gasteiger partial charge in [-0.3, -0.25) is 9.69 Å². The van der Waals surface area contributed by atoms with Gasteiger partial charge in [0.1, 0.15) is 0 Å². The van der Waals surface area contributed by atoms with E-state index >= 15 is 0 Å². The summed E-state index contributed by atoms with van der Waals surface area (Å²) >= 11 is 0. The molecule has 1 aliphatic carbocycles. The van der Waals surface area contributed by atoms with Crippen molar-refractivity contribution in [3.63, 3.8) is 0 Å². The van der Waals surface area contributed by atoms with E-state index in [4.69, 9.17) is 0 Å². The SMILES string of the molecule is Cl.O=C(C1CCN([C@@H]2Cc3ccccc3C[C@H]2O)CC1)N1CCC(c2ccccc2)CC1. The molecule has 2 heterocycles. The second-order valence-corrected chi connectivity index (χ2v) is 9.63. The van der Waals surface area contributed by atoms with Gasteiger partial charge in [0.2, 0.25) is 5.91 Å². The first-order chi connectivity index (χ1) is 15.2. The third-order valence-corrected chi connectivity index (χ3v) is 7.85. The normalized spacial score (nSPS) is 25.1. The van der Waals surface area contributed by atoms with Crippen LogP contribution in [0.25, 0.3) is 0 Å². The largest absolute Gasteiger partial charge is 0.391 e. The first kappa shape index (κ1) is 23.3. The van der Waals surface area contributed by atoms with Gasteiger partial charge in [-0.25, -0.2) is 0 Å². The summed E-state index contributed by atoms with van der Waals surface area (Å²) < 4.78 is 0. The lowest BCUT2D eigenvalue weighted by Gasteiger charge is -2.43. The van der Waals surface area contributed by atoms with Gasteiger partial charge in [-0.15, -0.1) is 12.4 Å². The smallest absolute Gasteiger partial charge is 0.225 e. The van der Waals surface area contributed by atoms with Crippen molar-refractivity contribution in [2.75, 3.05) is 26.2 Å². The lowest BCUT2D eigenvalue weighted by molar-refractivity contribution is -0.138. The third kappa shape index (κ3) is 4.88. The molecule has 3 aliphatic rings. The van der Waals surface area contributed by atoms with Crippen LogP contribution in [0, 0.1) is 5.92 Å². The fourth-order valence-corrected chi connectivity index (χ4v) is 5.95. The zero-order valence-electron chi connectivity index (χ0n) is 18.7. The molecule has 2 aromatic rings. The van der Waals surface area contributed by atoms with Crippen molar-refractivity contribution in [1.82, 2.24) is 9.80 Å². The number of rotatable bonds is 3. The van der Waals surface area contributed by atoms with E-state index in [9.17, 15) is 9.90 Å². The number of amides is 1. The Labute approximate surface area is 198 Å². The molecule has 0 aromatic heterocycles. The zero-order valence-corrected chi connectivity index (χ0v) is 19.6. The molecule has 2 atom stereocenters. The predicted molar refractivity (Wildman–Crippen MR) is 130 cm³/mol. The molecule has 0 bridgehead atoms. The van der Waals surface area contributed by atoms with E-state index in [0.717, 1.165) is 64.7 Å². The molecule has 2 aliphatic heterocycles. The molecule has 1 amide bonds. The van der Waals surface area contributed by atoms with E-state index in [1.165, 1.54) is 16.7 Å². The Hall–Kier alpha value is -1.88. The van der Waals surface area contributed by atoms with Gasteiger partial charge < -0.3 is 10.0 Å². The van der Waals surface area contributed by atoms with Crippen molar-refractivity contribution < 1.29 is 9.90 Å². The summed E-state index contributed by atoms with van der Waals surface area (Å²) in [6.07, 6.45) is 5.34. The molecular weight excluding hydrogens is 420 g/mol. The van der Waals surface area contributed by atoms with Gasteiger partial charge in [0, 0.05) is 31.5 Å². The summed E-state index contributed by atoms with van der Waals surface area (Å²) in [6, 6.07) is 19.4. The van der Waals surface area contributed by atoms with Crippen molar-refractivity contribution in [3.8, 4) is 0 Å². The van der Waals surface area contributed by atoms with Crippen LogP contribution in [-0.2, 0) is 17.6 Å². The Morgan fingerprint density at radius 3 is 2.03 bits per heavy atom. The molecule has 1 N–H and O–H groups in total. The highest BCUT2D eigenvalue weighted by atomic mass is 35.5. The second kappa shape index (κ2) is 10.4. The number of carbonyl (C=O) groups is 1. The summed E-state index contributed by atoms with van der Waals surface area (Å²) in [5, 5.41) is 10.7. The fourth-order valence-electron chi connectivity index (χ4n) is 5.95. The molecule has 2 saturated heterocycles. The van der Waals surface area contributed by atoms with Crippen molar-refractivity contribution in [2.24, 2.45) is 5.92 Å². The van der Waals surface area contributed by atoms with Gasteiger partial charge in [0.25, 0.3) is 0 Å². The van der Waals surface area contributed by atoms with Crippen molar-refractivity contribution in [2.45, 2.75) is 56.6 Å². The summed E-state index contributed by atoms with van der Waals surface area (Å²) in [5.41, 5.74) is 4.07. The first-order valence-electron chi connectivity index (χ1n) is 12.0. The van der Waals surface area contributed by atoms with Crippen LogP contribution in [0.3, 0.4) is 0 Å². The number of nitrogens with zero attached hydrogens (tertiary/aromatic N) is 2. The number of likely N-dealkylation sites (tertiary alicyclic amines) is 2. The lowest BCUT2D eigenvalue weighted by Crippen LogP contribution is -2.52. The molecule has 0 saturated carbocycles. The minimum atomic E-state index is -0.306. The van der Waals surface area contributed by atoms with Crippen LogP contribution in [0.2, 0.25) is 0 Å². The monoisotopic (exact) mass is 454 g/mol. The Balaban J connectivity index is 0.00000245. The molecule has 0 unspecified atom stereocenters. The molecule has 2 fully saturated rings. The van der Waals surface area contributed by atoms with Crippen LogP contribution in [0.15, 0.2) is 54.6 Å². The summed E-state index contributed by atoms with van der Waals surface area (Å²) in [7, 11) is 0. The number of carbonyl (C=O) groups excluding carboxylic acids is 1. The van der Waals surface area contributed by atoms with Crippen LogP contribution >= 0.6 is 12.4 Å². The van der Waals surface area contributed by atoms with Crippen LogP contribution in [0.5, 0.6) is 0 Å². The summed E-state index contributed by atoms with van der Waals surface area (Å²) in [5.74, 6) is 1.10. The van der Waals surface area contributed by atoms with Gasteiger partial charge in [-0.1, -0.05) is 54.6 Å². The zero-order chi connectivity index (χ0) is 21.2. The first-order valence-corrected chi connectivity index (χ1v) is 12.0. The molecule has 0 spiro atoms. The van der Waals surface area contributed by atoms with Crippen LogP contribution in [-0.4, -0.2) is 59.1 Å². The predicted octanol–water partition coefficient (Wildman–Crippen LogP) is 4.05. The molecule has 2 aromatic carbocycles. The molecule has 4 nitrogen and oxygen atoms in total. The van der Waals surface area contributed by atoms with Gasteiger partial charge in [-0.05, 0) is 67.8 Å². The number of hydrogen-bond donors (Lipinski definition) is 1. The fraction of sp³-hybridized carbons (Fsp3) is 0.519. The number of benzene rings is 2. The Morgan fingerprint density at radius 2 is 1.38 bits per heavy atom. The van der Waals surface area contributed by atoms with E-state index in [1.54, 1.807) is 0 Å². The summed E-state index contributed by atoms with van der Waals surface area (Å²) in [4.78, 5) is 17.7. The van der Waals surface area contributed by atoms with E-state index < -0.39 is 0 Å². The second-order valence-electron chi connectivity index (χ2n) is 9.63. The maximum absolute atomic E-state index is 13.2. The molecule has 5 heteroatoms. The molecule has 0 radical (unpaired) electrons. The lowest BCUT2D eigenvalue weighted by atomic mass is 9.83. The number of aliphatic hydroxyl groups is 1. The van der Waals surface area contributed by atoms with E-state index in [-0.39, 0.29) is 30.5 Å². The van der Waals surface area contributed by atoms with Gasteiger partial charge in [-0.2, -0.15) is 0 Å². The highest BCUT2D eigenvalue weighted by Gasteiger charge is 2.36. The Morgan fingerprint density at radius 1 is 0.781 bits per heavy atom. The number of piperidine rings is 2. The van der Waals surface area contributed by atoms with Gasteiger partial charge in [0.05, 0.1) is 6.10 Å². The van der Waals surface area contributed by atoms with Crippen LogP contribution in [0.1, 0.15) is 48.3 Å². The van der Waals surface area contributed by atoms with Crippen LogP contribution in [0.4, 0.5) is 0 Å². The van der Waals surface area contributed by atoms with Gasteiger partial charge in [0.15, 0.2) is 0 Å². The minimum absolute atomic E-state index is 0. The highest BCUT2D eigenvalue weighted by Crippen LogP contribution is 2.31. The quantitative estimate of drug-likeness (QED) is 0.760. The van der Waals surface area contributed by atoms with Gasteiger partial charge >= 0.3 is 0 Å². The molecule has 172 valence electrons. The number of fused-ring (bicyclic) bond motifs is 1. The summed E-state index contributed by atoms with van der Waals surface area (Å²) in [6.45, 7) is 3.61. The van der Waals surface area contributed by atoms with E-state index in [2.05, 4.69) is 64.4 Å². The average molecular weight is 455 g/mol. The highest BCUT2D eigenvalue weighted by molar-refractivity contribution is 5.85. The molecule has 5 rings (SSSR count). The van der Waals surface area contributed by atoms with Crippen LogP contribution < -0.4 is 0 Å². The minimum Gasteiger partial charge on any atom is -0.391 e. The number of halogens is 1. The third-order valence-electron chi connectivity index (χ3n) is 7.85. The van der Waals surface area contributed by atoms with Crippen molar-refractivity contribution in [3.05, 3.63) is 71.3 Å². The maximum atomic E-state index is 13.2. The molecular formula is C27H35ClN2O2. The standard InChI is InChI=1S/C27H34N2O2.ClH/c30-26-19-24-9-5-4-8-23(24)18-25(26)28-14-12-22(13-15-28)27(31)29-16-10-21(11-17-29)20-6-2-1-3-7-20;/h1-9,21-22,25-26,30H,10-19H2;1H/t25-,26-;/m1./s1. The number of aliphatic hydroxyl groups excluding tert-OH is 1. The van der Waals surface area contributed by atoms with E-state index in [1.807, 2.05) is 0 Å². The topological polar surface area (TPSA) is 43.8 Å². The maximum Gasteiger partial charge on any atom is 0.225 e. The Bertz CT molecular complexity index is 890. The average Bonchev–Trinajstić information content (AvgIpc) is 2.84. The van der Waals surface area contributed by atoms with Crippen molar-refractivity contribution in [1.29, 1.82) is 0 Å².